The van der Waals surface area contributed by atoms with Crippen molar-refractivity contribution in [3.63, 3.8) is 0 Å². The van der Waals surface area contributed by atoms with Crippen LogP contribution in [0, 0.1) is 0 Å². The van der Waals surface area contributed by atoms with Crippen molar-refractivity contribution in [1.29, 1.82) is 0 Å². The van der Waals surface area contributed by atoms with Gasteiger partial charge in [-0.05, 0) is 46.1 Å². The predicted molar refractivity (Wildman–Crippen MR) is 93.4 cm³/mol. The molecule has 0 aliphatic rings. The van der Waals surface area contributed by atoms with Crippen molar-refractivity contribution in [3.05, 3.63) is 64.1 Å². The summed E-state index contributed by atoms with van der Waals surface area (Å²) < 4.78 is 0.765. The fourth-order valence-electron chi connectivity index (χ4n) is 1.88. The van der Waals surface area contributed by atoms with E-state index in [2.05, 4.69) is 21.2 Å². The number of halogens is 1. The lowest BCUT2D eigenvalue weighted by Gasteiger charge is -2.09. The fraction of sp³-hybridized carbons (Fsp3) is 0.125. The summed E-state index contributed by atoms with van der Waals surface area (Å²) in [6.45, 7) is 0. The van der Waals surface area contributed by atoms with Crippen molar-refractivity contribution < 1.29 is 4.79 Å². The van der Waals surface area contributed by atoms with Gasteiger partial charge in [0, 0.05) is 16.5 Å². The SMILES string of the molecule is NC(=S)c1ccc(NC(=O)CCc2ccccc2)c(Br)c1. The third-order valence-corrected chi connectivity index (χ3v) is 3.90. The third kappa shape index (κ3) is 4.65. The first-order chi connectivity index (χ1) is 10.1. The van der Waals surface area contributed by atoms with E-state index in [0.29, 0.717) is 17.1 Å². The molecule has 0 atom stereocenters. The molecule has 0 aliphatic heterocycles. The molecular formula is C16H15BrN2OS. The minimum absolute atomic E-state index is 0.0253. The van der Waals surface area contributed by atoms with Crippen LogP contribution in [0.1, 0.15) is 17.5 Å². The zero-order valence-electron chi connectivity index (χ0n) is 11.3. The second kappa shape index (κ2) is 7.33. The Bertz CT molecular complexity index is 659. The van der Waals surface area contributed by atoms with Crippen LogP contribution in [0.2, 0.25) is 0 Å². The maximum atomic E-state index is 12.0. The van der Waals surface area contributed by atoms with Gasteiger partial charge >= 0.3 is 0 Å². The summed E-state index contributed by atoms with van der Waals surface area (Å²) in [4.78, 5) is 12.3. The molecule has 0 bridgehead atoms. The average molecular weight is 363 g/mol. The largest absolute Gasteiger partial charge is 0.389 e. The van der Waals surface area contributed by atoms with E-state index < -0.39 is 0 Å². The van der Waals surface area contributed by atoms with Crippen molar-refractivity contribution in [2.24, 2.45) is 5.73 Å². The van der Waals surface area contributed by atoms with Crippen LogP contribution in [0.15, 0.2) is 53.0 Å². The first-order valence-electron chi connectivity index (χ1n) is 6.49. The molecule has 3 nitrogen and oxygen atoms in total. The van der Waals surface area contributed by atoms with Gasteiger partial charge in [-0.25, -0.2) is 0 Å². The molecule has 21 heavy (non-hydrogen) atoms. The van der Waals surface area contributed by atoms with E-state index in [1.807, 2.05) is 30.3 Å². The number of carbonyl (C=O) groups excluding carboxylic acids is 1. The monoisotopic (exact) mass is 362 g/mol. The van der Waals surface area contributed by atoms with Gasteiger partial charge in [-0.2, -0.15) is 0 Å². The molecule has 0 spiro atoms. The Morgan fingerprint density at radius 1 is 1.19 bits per heavy atom. The van der Waals surface area contributed by atoms with Gasteiger partial charge in [-0.15, -0.1) is 0 Å². The van der Waals surface area contributed by atoms with Gasteiger partial charge in [0.15, 0.2) is 0 Å². The minimum atomic E-state index is -0.0253. The van der Waals surface area contributed by atoms with Crippen LogP contribution >= 0.6 is 28.1 Å². The normalized spacial score (nSPS) is 10.1. The van der Waals surface area contributed by atoms with Crippen LogP contribution in [0.4, 0.5) is 5.69 Å². The summed E-state index contributed by atoms with van der Waals surface area (Å²) in [7, 11) is 0. The molecule has 0 saturated heterocycles. The Kier molecular flexibility index (Phi) is 5.47. The third-order valence-electron chi connectivity index (χ3n) is 3.01. The summed E-state index contributed by atoms with van der Waals surface area (Å²) >= 11 is 8.33. The van der Waals surface area contributed by atoms with Gasteiger partial charge in [0.05, 0.1) is 5.69 Å². The molecule has 0 radical (unpaired) electrons. The summed E-state index contributed by atoms with van der Waals surface area (Å²) in [5, 5.41) is 2.88. The van der Waals surface area contributed by atoms with Gasteiger partial charge in [-0.1, -0.05) is 42.5 Å². The van der Waals surface area contributed by atoms with E-state index in [9.17, 15) is 4.79 Å². The Balaban J connectivity index is 1.95. The molecular weight excluding hydrogens is 348 g/mol. The van der Waals surface area contributed by atoms with E-state index in [4.69, 9.17) is 18.0 Å². The average Bonchev–Trinajstić information content (AvgIpc) is 2.48. The summed E-state index contributed by atoms with van der Waals surface area (Å²) in [6.07, 6.45) is 1.16. The van der Waals surface area contributed by atoms with Crippen molar-refractivity contribution in [2.45, 2.75) is 12.8 Å². The Labute approximate surface area is 137 Å². The van der Waals surface area contributed by atoms with Crippen LogP contribution in [-0.2, 0) is 11.2 Å². The molecule has 3 N–H and O–H groups in total. The Hall–Kier alpha value is -1.72. The lowest BCUT2D eigenvalue weighted by molar-refractivity contribution is -0.116. The minimum Gasteiger partial charge on any atom is -0.389 e. The van der Waals surface area contributed by atoms with Crippen LogP contribution < -0.4 is 11.1 Å². The maximum absolute atomic E-state index is 12.0. The molecule has 2 rings (SSSR count). The number of benzene rings is 2. The van der Waals surface area contributed by atoms with E-state index in [-0.39, 0.29) is 5.91 Å². The number of nitrogens with one attached hydrogen (secondary N) is 1. The van der Waals surface area contributed by atoms with Crippen LogP contribution in [-0.4, -0.2) is 10.9 Å². The molecule has 0 heterocycles. The Morgan fingerprint density at radius 2 is 1.90 bits per heavy atom. The molecule has 108 valence electrons. The number of anilines is 1. The highest BCUT2D eigenvalue weighted by Crippen LogP contribution is 2.24. The Morgan fingerprint density at radius 3 is 2.52 bits per heavy atom. The molecule has 2 aromatic carbocycles. The smallest absolute Gasteiger partial charge is 0.224 e. The highest BCUT2D eigenvalue weighted by molar-refractivity contribution is 9.10. The van der Waals surface area contributed by atoms with E-state index >= 15 is 0 Å². The quantitative estimate of drug-likeness (QED) is 0.798. The van der Waals surface area contributed by atoms with Crippen molar-refractivity contribution in [2.75, 3.05) is 5.32 Å². The van der Waals surface area contributed by atoms with Gasteiger partial charge in [0.25, 0.3) is 0 Å². The van der Waals surface area contributed by atoms with Crippen molar-refractivity contribution in [1.82, 2.24) is 0 Å². The van der Waals surface area contributed by atoms with E-state index in [1.54, 1.807) is 18.2 Å². The lowest BCUT2D eigenvalue weighted by atomic mass is 10.1. The van der Waals surface area contributed by atoms with Gasteiger partial charge in [0.2, 0.25) is 5.91 Å². The number of hydrogen-bond acceptors (Lipinski definition) is 2. The highest BCUT2D eigenvalue weighted by Gasteiger charge is 2.07. The molecule has 1 amide bonds. The molecule has 0 fully saturated rings. The van der Waals surface area contributed by atoms with Gasteiger partial charge in [0.1, 0.15) is 4.99 Å². The predicted octanol–water partition coefficient (Wildman–Crippen LogP) is 3.65. The molecule has 0 aliphatic carbocycles. The standard InChI is InChI=1S/C16H15BrN2OS/c17-13-10-12(16(18)21)7-8-14(13)19-15(20)9-6-11-4-2-1-3-5-11/h1-5,7-8,10H,6,9H2,(H2,18,21)(H,19,20). The first-order valence-corrected chi connectivity index (χ1v) is 7.69. The molecule has 5 heteroatoms. The number of aryl methyl sites for hydroxylation is 1. The zero-order valence-corrected chi connectivity index (χ0v) is 13.7. The fourth-order valence-corrected chi connectivity index (χ4v) is 2.49. The van der Waals surface area contributed by atoms with Crippen LogP contribution in [0.25, 0.3) is 0 Å². The molecule has 0 unspecified atom stereocenters. The number of thiocarbonyl (C=S) groups is 1. The summed E-state index contributed by atoms with van der Waals surface area (Å²) in [5.74, 6) is -0.0253. The molecule has 2 aromatic rings. The molecule has 0 saturated carbocycles. The number of nitrogens with two attached hydrogens (primary N) is 1. The van der Waals surface area contributed by atoms with Gasteiger partial charge < -0.3 is 11.1 Å². The zero-order chi connectivity index (χ0) is 15.2. The van der Waals surface area contributed by atoms with Crippen LogP contribution in [0.3, 0.4) is 0 Å². The number of amides is 1. The number of hydrogen-bond donors (Lipinski definition) is 2. The lowest BCUT2D eigenvalue weighted by Crippen LogP contribution is -2.14. The topological polar surface area (TPSA) is 55.1 Å². The maximum Gasteiger partial charge on any atom is 0.224 e. The number of carbonyl (C=O) groups is 1. The first kappa shape index (κ1) is 15.7. The summed E-state index contributed by atoms with van der Waals surface area (Å²) in [6, 6.07) is 15.3. The second-order valence-electron chi connectivity index (χ2n) is 4.59. The van der Waals surface area contributed by atoms with Gasteiger partial charge in [-0.3, -0.25) is 4.79 Å². The van der Waals surface area contributed by atoms with Crippen molar-refractivity contribution >= 4 is 44.7 Å². The molecule has 0 aromatic heterocycles. The summed E-state index contributed by atoms with van der Waals surface area (Å²) in [5.41, 5.74) is 8.20. The second-order valence-corrected chi connectivity index (χ2v) is 5.89. The highest BCUT2D eigenvalue weighted by atomic mass is 79.9. The van der Waals surface area contributed by atoms with Crippen molar-refractivity contribution in [3.8, 4) is 0 Å². The van der Waals surface area contributed by atoms with E-state index in [1.165, 1.54) is 0 Å². The van der Waals surface area contributed by atoms with Crippen LogP contribution in [0.5, 0.6) is 0 Å². The number of rotatable bonds is 5. The van der Waals surface area contributed by atoms with E-state index in [0.717, 1.165) is 22.0 Å².